The predicted molar refractivity (Wildman–Crippen MR) is 109 cm³/mol. The van der Waals surface area contributed by atoms with E-state index in [2.05, 4.69) is 5.10 Å². The fraction of sp³-hybridized carbons (Fsp3) is 0.227. The number of hydrogen-bond acceptors (Lipinski definition) is 3. The molecule has 6 nitrogen and oxygen atoms in total. The van der Waals surface area contributed by atoms with Crippen molar-refractivity contribution in [1.29, 1.82) is 0 Å². The molecule has 0 saturated carbocycles. The lowest BCUT2D eigenvalue weighted by Crippen LogP contribution is -2.37. The highest BCUT2D eigenvalue weighted by molar-refractivity contribution is 6.07. The summed E-state index contributed by atoms with van der Waals surface area (Å²) in [6.07, 6.45) is 0. The van der Waals surface area contributed by atoms with E-state index in [9.17, 15) is 9.59 Å². The van der Waals surface area contributed by atoms with Crippen molar-refractivity contribution >= 4 is 28.4 Å². The van der Waals surface area contributed by atoms with Crippen molar-refractivity contribution in [2.75, 3.05) is 20.6 Å². The minimum atomic E-state index is -0.270. The van der Waals surface area contributed by atoms with Crippen LogP contribution in [0.3, 0.4) is 0 Å². The second kappa shape index (κ2) is 6.96. The fourth-order valence-electron chi connectivity index (χ4n) is 3.33. The third kappa shape index (κ3) is 3.17. The van der Waals surface area contributed by atoms with Crippen molar-refractivity contribution in [3.8, 4) is 0 Å². The van der Waals surface area contributed by atoms with E-state index in [0.717, 1.165) is 27.7 Å². The van der Waals surface area contributed by atoms with Crippen LogP contribution in [0.5, 0.6) is 0 Å². The van der Waals surface area contributed by atoms with Crippen LogP contribution < -0.4 is 0 Å². The monoisotopic (exact) mass is 374 g/mol. The number of aryl methyl sites for hydroxylation is 1. The van der Waals surface area contributed by atoms with Crippen molar-refractivity contribution in [1.82, 2.24) is 14.5 Å². The highest BCUT2D eigenvalue weighted by Crippen LogP contribution is 2.24. The molecule has 0 radical (unpaired) electrons. The van der Waals surface area contributed by atoms with Crippen molar-refractivity contribution in [2.24, 2.45) is 5.10 Å². The Bertz CT molecular complexity index is 1090. The number of aromatic nitrogens is 1. The van der Waals surface area contributed by atoms with Gasteiger partial charge in [0.1, 0.15) is 12.2 Å². The Labute approximate surface area is 163 Å². The summed E-state index contributed by atoms with van der Waals surface area (Å²) in [6.45, 7) is 2.40. The Morgan fingerprint density at radius 1 is 1.11 bits per heavy atom. The van der Waals surface area contributed by atoms with Gasteiger partial charge in [-0.1, -0.05) is 48.0 Å². The Morgan fingerprint density at radius 2 is 1.82 bits per heavy atom. The number of amides is 2. The molecule has 3 aromatic rings. The summed E-state index contributed by atoms with van der Waals surface area (Å²) in [4.78, 5) is 27.0. The van der Waals surface area contributed by atoms with E-state index in [0.29, 0.717) is 12.2 Å². The van der Waals surface area contributed by atoms with E-state index >= 15 is 0 Å². The van der Waals surface area contributed by atoms with Gasteiger partial charge in [-0.2, -0.15) is 5.10 Å². The van der Waals surface area contributed by atoms with Crippen LogP contribution in [0.2, 0.25) is 0 Å². The van der Waals surface area contributed by atoms with E-state index in [-0.39, 0.29) is 18.4 Å². The zero-order valence-corrected chi connectivity index (χ0v) is 16.2. The van der Waals surface area contributed by atoms with Crippen LogP contribution in [0.15, 0.2) is 59.7 Å². The van der Waals surface area contributed by atoms with Gasteiger partial charge in [-0.3, -0.25) is 9.59 Å². The van der Waals surface area contributed by atoms with Gasteiger partial charge in [-0.05, 0) is 24.6 Å². The van der Waals surface area contributed by atoms with Gasteiger partial charge in [0.05, 0.1) is 12.3 Å². The van der Waals surface area contributed by atoms with E-state index in [1.807, 2.05) is 66.1 Å². The zero-order valence-electron chi connectivity index (χ0n) is 16.2. The SMILES string of the molecule is Cc1ccc(C2=NN(CC(=O)N(C)C)C(=O)c3cc4ccccc4n3C2)cc1. The van der Waals surface area contributed by atoms with E-state index in [1.54, 1.807) is 14.1 Å². The van der Waals surface area contributed by atoms with E-state index in [1.165, 1.54) is 9.91 Å². The van der Waals surface area contributed by atoms with Gasteiger partial charge in [0, 0.05) is 25.0 Å². The highest BCUT2D eigenvalue weighted by atomic mass is 16.2. The first-order valence-corrected chi connectivity index (χ1v) is 9.19. The second-order valence-electron chi connectivity index (χ2n) is 7.24. The molecule has 0 spiro atoms. The minimum Gasteiger partial charge on any atom is -0.347 e. The third-order valence-corrected chi connectivity index (χ3v) is 4.98. The standard InChI is InChI=1S/C22H22N4O2/c1-15-8-10-16(11-9-15)18-13-25-19-7-5-4-6-17(19)12-20(25)22(28)26(23-18)14-21(27)24(2)3/h4-12H,13-14H2,1-3H3. The van der Waals surface area contributed by atoms with Gasteiger partial charge < -0.3 is 9.47 Å². The zero-order chi connectivity index (χ0) is 19.8. The Balaban J connectivity index is 1.86. The Hall–Kier alpha value is -3.41. The first-order chi connectivity index (χ1) is 13.4. The van der Waals surface area contributed by atoms with Gasteiger partial charge in [-0.25, -0.2) is 5.01 Å². The summed E-state index contributed by atoms with van der Waals surface area (Å²) < 4.78 is 1.98. The summed E-state index contributed by atoms with van der Waals surface area (Å²) in [5, 5.41) is 6.89. The molecule has 4 rings (SSSR count). The Morgan fingerprint density at radius 3 is 2.54 bits per heavy atom. The van der Waals surface area contributed by atoms with Crippen LogP contribution in [0.25, 0.3) is 10.9 Å². The average Bonchev–Trinajstić information content (AvgIpc) is 2.99. The lowest BCUT2D eigenvalue weighted by molar-refractivity contribution is -0.129. The van der Waals surface area contributed by atoms with Crippen molar-refractivity contribution in [3.63, 3.8) is 0 Å². The lowest BCUT2D eigenvalue weighted by Gasteiger charge is -2.18. The van der Waals surface area contributed by atoms with Crippen LogP contribution in [-0.2, 0) is 11.3 Å². The number of benzene rings is 2. The molecule has 142 valence electrons. The quantitative estimate of drug-likeness (QED) is 0.708. The number of nitrogens with zero attached hydrogens (tertiary/aromatic N) is 4. The second-order valence-corrected chi connectivity index (χ2v) is 7.24. The fourth-order valence-corrected chi connectivity index (χ4v) is 3.33. The lowest BCUT2D eigenvalue weighted by atomic mass is 10.1. The smallest absolute Gasteiger partial charge is 0.291 e. The minimum absolute atomic E-state index is 0.0945. The maximum atomic E-state index is 13.2. The third-order valence-electron chi connectivity index (χ3n) is 4.98. The van der Waals surface area contributed by atoms with Crippen molar-refractivity contribution < 1.29 is 9.59 Å². The molecule has 2 heterocycles. The van der Waals surface area contributed by atoms with Crippen LogP contribution >= 0.6 is 0 Å². The normalized spacial score (nSPS) is 13.9. The van der Waals surface area contributed by atoms with Gasteiger partial charge in [0.2, 0.25) is 5.91 Å². The summed E-state index contributed by atoms with van der Waals surface area (Å²) in [5.41, 5.74) is 4.36. The van der Waals surface area contributed by atoms with Gasteiger partial charge >= 0.3 is 0 Å². The van der Waals surface area contributed by atoms with Crippen molar-refractivity contribution in [3.05, 3.63) is 71.4 Å². The van der Waals surface area contributed by atoms with Gasteiger partial charge in [0.15, 0.2) is 0 Å². The molecule has 1 aliphatic heterocycles. The van der Waals surface area contributed by atoms with Crippen LogP contribution in [0.4, 0.5) is 0 Å². The molecule has 1 aromatic heterocycles. The first-order valence-electron chi connectivity index (χ1n) is 9.19. The molecule has 0 bridgehead atoms. The van der Waals surface area contributed by atoms with Gasteiger partial charge in [0.25, 0.3) is 5.91 Å². The molecule has 0 saturated heterocycles. The number of likely N-dealkylation sites (N-methyl/N-ethyl adjacent to an activating group) is 1. The van der Waals surface area contributed by atoms with Crippen LogP contribution in [-0.4, -0.2) is 52.6 Å². The van der Waals surface area contributed by atoms with E-state index in [4.69, 9.17) is 0 Å². The molecule has 0 atom stereocenters. The largest absolute Gasteiger partial charge is 0.347 e. The topological polar surface area (TPSA) is 57.9 Å². The van der Waals surface area contributed by atoms with E-state index < -0.39 is 0 Å². The molecular formula is C22H22N4O2. The summed E-state index contributed by atoms with van der Waals surface area (Å²) >= 11 is 0. The highest BCUT2D eigenvalue weighted by Gasteiger charge is 2.28. The number of carbonyl (C=O) groups is 2. The van der Waals surface area contributed by atoms with Crippen molar-refractivity contribution in [2.45, 2.75) is 13.5 Å². The summed E-state index contributed by atoms with van der Waals surface area (Å²) in [5.74, 6) is -0.446. The number of fused-ring (bicyclic) bond motifs is 3. The molecule has 6 heteroatoms. The number of hydrazone groups is 1. The molecule has 0 aliphatic carbocycles. The average molecular weight is 374 g/mol. The number of para-hydroxylation sites is 1. The maximum Gasteiger partial charge on any atom is 0.291 e. The van der Waals surface area contributed by atoms with Crippen LogP contribution in [0.1, 0.15) is 21.6 Å². The number of hydrogen-bond donors (Lipinski definition) is 0. The molecular weight excluding hydrogens is 352 g/mol. The molecule has 1 aliphatic rings. The first kappa shape index (κ1) is 18.0. The summed E-state index contributed by atoms with van der Waals surface area (Å²) in [7, 11) is 3.35. The predicted octanol–water partition coefficient (Wildman–Crippen LogP) is 2.90. The Kier molecular flexibility index (Phi) is 4.47. The van der Waals surface area contributed by atoms with Gasteiger partial charge in [-0.15, -0.1) is 0 Å². The molecule has 28 heavy (non-hydrogen) atoms. The number of carbonyl (C=O) groups excluding carboxylic acids is 2. The molecule has 0 unspecified atom stereocenters. The maximum absolute atomic E-state index is 13.2. The molecule has 2 amide bonds. The molecule has 2 aromatic carbocycles. The van der Waals surface area contributed by atoms with Crippen LogP contribution in [0, 0.1) is 6.92 Å². The summed E-state index contributed by atoms with van der Waals surface area (Å²) in [6, 6.07) is 17.8. The molecule has 0 N–H and O–H groups in total. The molecule has 0 fully saturated rings. The number of rotatable bonds is 3.